The molecule has 3 heteroatoms. The molecule has 1 unspecified atom stereocenters. The van der Waals surface area contributed by atoms with Gasteiger partial charge in [0.1, 0.15) is 0 Å². The Morgan fingerprint density at radius 3 is 1.40 bits per heavy atom. The van der Waals surface area contributed by atoms with Gasteiger partial charge in [-0.2, -0.15) is 0 Å². The van der Waals surface area contributed by atoms with Crippen LogP contribution in [0.4, 0.5) is 0 Å². The fourth-order valence-corrected chi connectivity index (χ4v) is 20.1. The third kappa shape index (κ3) is 6.36. The van der Waals surface area contributed by atoms with Crippen molar-refractivity contribution in [3.05, 3.63) is 161 Å². The minimum Gasteiger partial charge on any atom is -1.00 e. The van der Waals surface area contributed by atoms with E-state index in [1.54, 1.807) is 28.8 Å². The predicted octanol–water partition coefficient (Wildman–Crippen LogP) is 7.16. The summed E-state index contributed by atoms with van der Waals surface area (Å²) in [6, 6.07) is 29.7. The molecule has 4 aliphatic rings. The number of halogens is 2. The average molecular weight is 817 g/mol. The van der Waals surface area contributed by atoms with Crippen LogP contribution in [0, 0.1) is 25.7 Å². The molecule has 4 aliphatic carbocycles. The monoisotopic (exact) mass is 814 g/mol. The van der Waals surface area contributed by atoms with Crippen LogP contribution in [0.25, 0.3) is 22.3 Å². The van der Waals surface area contributed by atoms with E-state index in [1.807, 2.05) is 0 Å². The Morgan fingerprint density at radius 2 is 1.02 bits per heavy atom. The molecule has 4 aromatic carbocycles. The molecule has 0 saturated carbocycles. The van der Waals surface area contributed by atoms with Crippen molar-refractivity contribution in [1.29, 1.82) is 0 Å². The van der Waals surface area contributed by atoms with Crippen LogP contribution in [0.15, 0.2) is 105 Å². The van der Waals surface area contributed by atoms with Gasteiger partial charge in [0.15, 0.2) is 0 Å². The van der Waals surface area contributed by atoms with E-state index in [2.05, 4.69) is 174 Å². The van der Waals surface area contributed by atoms with Crippen LogP contribution in [-0.4, -0.2) is 3.21 Å². The Labute approximate surface area is 339 Å². The normalized spacial score (nSPS) is 18.6. The van der Waals surface area contributed by atoms with Crippen LogP contribution in [0.3, 0.4) is 0 Å². The molecular formula is C50H54Cl2Zr. The van der Waals surface area contributed by atoms with E-state index >= 15 is 0 Å². The van der Waals surface area contributed by atoms with Crippen molar-refractivity contribution < 1.29 is 46.1 Å². The van der Waals surface area contributed by atoms with Gasteiger partial charge in [0.25, 0.3) is 0 Å². The summed E-state index contributed by atoms with van der Waals surface area (Å²) < 4.78 is 3.79. The summed E-state index contributed by atoms with van der Waals surface area (Å²) in [5, 5.41) is 0. The van der Waals surface area contributed by atoms with Gasteiger partial charge in [-0.25, -0.2) is 0 Å². The van der Waals surface area contributed by atoms with Gasteiger partial charge in [-0.1, -0.05) is 0 Å². The van der Waals surface area contributed by atoms with E-state index in [-0.39, 0.29) is 35.6 Å². The second kappa shape index (κ2) is 14.0. The van der Waals surface area contributed by atoms with E-state index < -0.39 is 21.3 Å². The smallest absolute Gasteiger partial charge is 1.00 e. The maximum atomic E-state index is 2.69. The zero-order chi connectivity index (χ0) is 36.3. The molecule has 8 rings (SSSR count). The molecule has 0 saturated heterocycles. The molecule has 0 amide bonds. The molecule has 0 N–H and O–H groups in total. The average Bonchev–Trinajstić information content (AvgIpc) is 3.70. The van der Waals surface area contributed by atoms with Gasteiger partial charge in [-0.3, -0.25) is 0 Å². The quantitative estimate of drug-likeness (QED) is 0.201. The van der Waals surface area contributed by atoms with Crippen molar-refractivity contribution in [2.75, 3.05) is 0 Å². The summed E-state index contributed by atoms with van der Waals surface area (Å²) in [5.74, 6) is 0.941. The molecule has 0 aromatic heterocycles. The SMILES string of the molecule is CC1=CC(C)(C)c2cc3c(cc21)-c1cc2c(cc1[CH]3[Zr+2]([C]1=C(C)C(C(C)C)=CC1C)=[C](c1ccc(C)cc1)c1ccc(C)cc1)C(C)(C)C=C2C.[Cl-].[Cl-]. The van der Waals surface area contributed by atoms with Gasteiger partial charge in [-0.15, -0.1) is 0 Å². The second-order valence-electron chi connectivity index (χ2n) is 17.6. The number of aryl methyl sites for hydroxylation is 2. The molecule has 0 radical (unpaired) electrons. The number of allylic oxidation sites excluding steroid dienone is 8. The van der Waals surface area contributed by atoms with E-state index in [1.165, 1.54) is 66.8 Å². The molecular weight excluding hydrogens is 763 g/mol. The minimum atomic E-state index is -2.99. The second-order valence-corrected chi connectivity index (χ2v) is 23.6. The fourth-order valence-electron chi connectivity index (χ4n) is 10.2. The van der Waals surface area contributed by atoms with Gasteiger partial charge >= 0.3 is 317 Å². The summed E-state index contributed by atoms with van der Waals surface area (Å²) in [6.07, 6.45) is 7.63. The topological polar surface area (TPSA) is 0 Å². The van der Waals surface area contributed by atoms with Crippen molar-refractivity contribution in [3.63, 3.8) is 0 Å². The first kappa shape index (κ1) is 39.9. The number of fused-ring (bicyclic) bond motifs is 5. The molecule has 0 heterocycles. The van der Waals surface area contributed by atoms with Gasteiger partial charge in [-0.05, 0) is 0 Å². The first-order chi connectivity index (χ1) is 24.1. The summed E-state index contributed by atoms with van der Waals surface area (Å²) in [6.45, 7) is 28.5. The third-order valence-electron chi connectivity index (χ3n) is 12.6. The van der Waals surface area contributed by atoms with Gasteiger partial charge in [0.2, 0.25) is 0 Å². The molecule has 0 fully saturated rings. The van der Waals surface area contributed by atoms with E-state index in [4.69, 9.17) is 0 Å². The Bertz CT molecular complexity index is 2180. The van der Waals surface area contributed by atoms with Crippen molar-refractivity contribution in [1.82, 2.24) is 0 Å². The first-order valence-electron chi connectivity index (χ1n) is 19.2. The van der Waals surface area contributed by atoms with Crippen LogP contribution in [0.2, 0.25) is 0 Å². The molecule has 272 valence electrons. The van der Waals surface area contributed by atoms with E-state index in [0.29, 0.717) is 15.5 Å². The van der Waals surface area contributed by atoms with Crippen LogP contribution in [0.1, 0.15) is 128 Å². The first-order valence-corrected chi connectivity index (χ1v) is 23.0. The Hall–Kier alpha value is -2.83. The Kier molecular flexibility index (Phi) is 10.6. The number of rotatable bonds is 5. The van der Waals surface area contributed by atoms with Crippen LogP contribution < -0.4 is 24.8 Å². The maximum Gasteiger partial charge on any atom is -1.00 e. The van der Waals surface area contributed by atoms with Crippen molar-refractivity contribution >= 4 is 14.4 Å². The number of hydrogen-bond acceptors (Lipinski definition) is 0. The van der Waals surface area contributed by atoms with Crippen molar-refractivity contribution in [2.45, 2.75) is 97.5 Å². The number of hydrogen-bond donors (Lipinski definition) is 0. The maximum absolute atomic E-state index is 2.99. The Balaban J connectivity index is 0.00000240. The van der Waals surface area contributed by atoms with Gasteiger partial charge < -0.3 is 24.8 Å². The molecule has 4 aromatic rings. The summed E-state index contributed by atoms with van der Waals surface area (Å²) >= 11 is -2.99. The van der Waals surface area contributed by atoms with Crippen molar-refractivity contribution in [2.24, 2.45) is 11.8 Å². The summed E-state index contributed by atoms with van der Waals surface area (Å²) in [4.78, 5) is 0. The summed E-state index contributed by atoms with van der Waals surface area (Å²) in [7, 11) is 0. The minimum absolute atomic E-state index is 0. The molecule has 1 atom stereocenters. The zero-order valence-electron chi connectivity index (χ0n) is 33.6. The zero-order valence-corrected chi connectivity index (χ0v) is 37.6. The third-order valence-corrected chi connectivity index (χ3v) is 21.7. The van der Waals surface area contributed by atoms with Crippen molar-refractivity contribution in [3.8, 4) is 11.1 Å². The standard InChI is InChI=1S/C25H25.C15H14.C10H15.2ClH.Zr/c1-14-12-24(3,4)22-8-16-7-17-9-23-19(15(2)13-25(23,5)6)11-21(17)20(16)10-18(14)22;1-12-3-7-14(8-4-12)11-15-9-5-13(2)6-10-15;1-7(2)10-6-8(3)5-9(10)4;;;/h7-13H,1-6H3;3-10H,1-2H3;6-8H,1-4H3;2*1H;/q;;;;;+2/p-2. The van der Waals surface area contributed by atoms with E-state index in [0.717, 1.165) is 0 Å². The van der Waals surface area contributed by atoms with Gasteiger partial charge in [0.05, 0.1) is 0 Å². The predicted molar refractivity (Wildman–Crippen MR) is 217 cm³/mol. The van der Waals surface area contributed by atoms with Gasteiger partial charge in [0, 0.05) is 0 Å². The number of benzene rings is 4. The largest absolute Gasteiger partial charge is 1.00 e. The van der Waals surface area contributed by atoms with Crippen LogP contribution in [0.5, 0.6) is 0 Å². The van der Waals surface area contributed by atoms with Crippen LogP contribution >= 0.6 is 0 Å². The molecule has 53 heavy (non-hydrogen) atoms. The van der Waals surface area contributed by atoms with Crippen LogP contribution in [-0.2, 0) is 32.1 Å². The molecule has 0 nitrogen and oxygen atoms in total. The fraction of sp³-hybridized carbons (Fsp3) is 0.340. The summed E-state index contributed by atoms with van der Waals surface area (Å²) in [5.41, 5.74) is 23.5. The molecule has 0 spiro atoms. The van der Waals surface area contributed by atoms with E-state index in [9.17, 15) is 0 Å². The Morgan fingerprint density at radius 1 is 0.604 bits per heavy atom. The molecule has 0 aliphatic heterocycles. The molecule has 0 bridgehead atoms.